The van der Waals surface area contributed by atoms with Gasteiger partial charge in [0.25, 0.3) is 5.91 Å². The monoisotopic (exact) mass is 275 g/mol. The summed E-state index contributed by atoms with van der Waals surface area (Å²) < 4.78 is 5.32. The van der Waals surface area contributed by atoms with Crippen LogP contribution in [0.2, 0.25) is 0 Å². The van der Waals surface area contributed by atoms with Crippen molar-refractivity contribution in [3.05, 3.63) is 29.8 Å². The van der Waals surface area contributed by atoms with Gasteiger partial charge in [-0.05, 0) is 12.1 Å². The Labute approximate surface area is 119 Å². The second-order valence-corrected chi connectivity index (χ2v) is 5.16. The van der Waals surface area contributed by atoms with Crippen molar-refractivity contribution in [2.75, 3.05) is 57.4 Å². The lowest BCUT2D eigenvalue weighted by molar-refractivity contribution is 0.0303. The number of anilines is 1. The fraction of sp³-hybridized carbons (Fsp3) is 0.533. The van der Waals surface area contributed by atoms with E-state index in [0.29, 0.717) is 26.3 Å². The average Bonchev–Trinajstić information content (AvgIpc) is 2.56. The van der Waals surface area contributed by atoms with Gasteiger partial charge in [-0.15, -0.1) is 0 Å². The number of hydrogen-bond acceptors (Lipinski definition) is 4. The van der Waals surface area contributed by atoms with Crippen molar-refractivity contribution in [2.24, 2.45) is 0 Å². The highest BCUT2D eigenvalue weighted by Crippen LogP contribution is 2.22. The Balaban J connectivity index is 1.82. The summed E-state index contributed by atoms with van der Waals surface area (Å²) in [6.07, 6.45) is 0. The van der Waals surface area contributed by atoms with Gasteiger partial charge < -0.3 is 19.9 Å². The normalized spacial score (nSPS) is 20.0. The number of benzene rings is 1. The van der Waals surface area contributed by atoms with Crippen molar-refractivity contribution in [1.82, 2.24) is 10.2 Å². The quantitative estimate of drug-likeness (QED) is 0.857. The van der Waals surface area contributed by atoms with Gasteiger partial charge in [0.2, 0.25) is 0 Å². The maximum Gasteiger partial charge on any atom is 0.256 e. The van der Waals surface area contributed by atoms with Gasteiger partial charge in [-0.1, -0.05) is 12.1 Å². The topological polar surface area (TPSA) is 44.8 Å². The number of piperazine rings is 1. The van der Waals surface area contributed by atoms with Crippen LogP contribution in [0.15, 0.2) is 24.3 Å². The van der Waals surface area contributed by atoms with E-state index in [1.165, 1.54) is 0 Å². The van der Waals surface area contributed by atoms with Gasteiger partial charge in [0, 0.05) is 45.0 Å². The third-order valence-electron chi connectivity index (χ3n) is 3.89. The summed E-state index contributed by atoms with van der Waals surface area (Å²) in [7, 11) is 0. The van der Waals surface area contributed by atoms with Gasteiger partial charge in [-0.3, -0.25) is 4.79 Å². The molecule has 0 unspecified atom stereocenters. The summed E-state index contributed by atoms with van der Waals surface area (Å²) in [5, 5.41) is 3.34. The first-order chi connectivity index (χ1) is 9.86. The second-order valence-electron chi connectivity index (χ2n) is 5.16. The molecule has 3 rings (SSSR count). The zero-order valence-corrected chi connectivity index (χ0v) is 11.7. The fourth-order valence-corrected chi connectivity index (χ4v) is 2.77. The molecule has 2 heterocycles. The standard InChI is InChI=1S/C15H21N3O2/c19-15(18-9-11-20-12-10-18)13-3-1-2-4-14(13)17-7-5-16-6-8-17/h1-4,16H,5-12H2. The number of ether oxygens (including phenoxy) is 1. The summed E-state index contributed by atoms with van der Waals surface area (Å²) >= 11 is 0. The van der Waals surface area contributed by atoms with Gasteiger partial charge in [0.05, 0.1) is 18.8 Å². The molecule has 0 bridgehead atoms. The minimum Gasteiger partial charge on any atom is -0.378 e. The number of carbonyl (C=O) groups excluding carboxylic acids is 1. The van der Waals surface area contributed by atoms with Gasteiger partial charge in [-0.2, -0.15) is 0 Å². The molecule has 2 aliphatic heterocycles. The van der Waals surface area contributed by atoms with Crippen molar-refractivity contribution in [1.29, 1.82) is 0 Å². The maximum absolute atomic E-state index is 12.7. The molecule has 2 saturated heterocycles. The zero-order chi connectivity index (χ0) is 13.8. The van der Waals surface area contributed by atoms with Crippen molar-refractivity contribution >= 4 is 11.6 Å². The Kier molecular flexibility index (Phi) is 4.18. The van der Waals surface area contributed by atoms with Gasteiger partial charge in [0.15, 0.2) is 0 Å². The molecule has 5 heteroatoms. The number of hydrogen-bond donors (Lipinski definition) is 1. The van der Waals surface area contributed by atoms with Crippen LogP contribution in [0.5, 0.6) is 0 Å². The molecule has 108 valence electrons. The molecule has 20 heavy (non-hydrogen) atoms. The van der Waals surface area contributed by atoms with E-state index < -0.39 is 0 Å². The highest BCUT2D eigenvalue weighted by molar-refractivity contribution is 5.99. The molecule has 1 aromatic carbocycles. The number of nitrogens with one attached hydrogen (secondary N) is 1. The third-order valence-corrected chi connectivity index (χ3v) is 3.89. The molecule has 5 nitrogen and oxygen atoms in total. The summed E-state index contributed by atoms with van der Waals surface area (Å²) in [6.45, 7) is 6.51. The highest BCUT2D eigenvalue weighted by atomic mass is 16.5. The first kappa shape index (κ1) is 13.4. The molecule has 2 aliphatic rings. The van der Waals surface area contributed by atoms with Crippen LogP contribution in [-0.4, -0.2) is 63.3 Å². The lowest BCUT2D eigenvalue weighted by atomic mass is 10.1. The molecule has 2 fully saturated rings. The first-order valence-electron chi connectivity index (χ1n) is 7.28. The molecule has 0 radical (unpaired) electrons. The molecule has 0 aromatic heterocycles. The Hall–Kier alpha value is -1.59. The molecule has 0 spiro atoms. The van der Waals surface area contributed by atoms with Crippen molar-refractivity contribution in [3.8, 4) is 0 Å². The Morgan fingerprint density at radius 1 is 1.05 bits per heavy atom. The zero-order valence-electron chi connectivity index (χ0n) is 11.7. The van der Waals surface area contributed by atoms with E-state index in [9.17, 15) is 4.79 Å². The molecular weight excluding hydrogens is 254 g/mol. The number of nitrogens with zero attached hydrogens (tertiary/aromatic N) is 2. The number of morpholine rings is 1. The predicted octanol–water partition coefficient (Wildman–Crippen LogP) is 0.569. The van der Waals surface area contributed by atoms with E-state index in [1.54, 1.807) is 0 Å². The number of carbonyl (C=O) groups is 1. The van der Waals surface area contributed by atoms with Crippen LogP contribution < -0.4 is 10.2 Å². The average molecular weight is 275 g/mol. The van der Waals surface area contributed by atoms with Crippen LogP contribution in [0, 0.1) is 0 Å². The van der Waals surface area contributed by atoms with Crippen molar-refractivity contribution in [3.63, 3.8) is 0 Å². The van der Waals surface area contributed by atoms with Crippen molar-refractivity contribution in [2.45, 2.75) is 0 Å². The van der Waals surface area contributed by atoms with Crippen molar-refractivity contribution < 1.29 is 9.53 Å². The van der Waals surface area contributed by atoms with Crippen LogP contribution in [-0.2, 0) is 4.74 Å². The molecule has 1 N–H and O–H groups in total. The molecule has 1 amide bonds. The second kappa shape index (κ2) is 6.24. The molecule has 1 aromatic rings. The van der Waals surface area contributed by atoms with Gasteiger partial charge in [0.1, 0.15) is 0 Å². The van der Waals surface area contributed by atoms with E-state index in [2.05, 4.69) is 16.3 Å². The minimum absolute atomic E-state index is 0.127. The summed E-state index contributed by atoms with van der Waals surface area (Å²) in [5.41, 5.74) is 1.88. The van der Waals surface area contributed by atoms with Crippen LogP contribution in [0.1, 0.15) is 10.4 Å². The van der Waals surface area contributed by atoms with Gasteiger partial charge in [-0.25, -0.2) is 0 Å². The molecule has 0 aliphatic carbocycles. The van der Waals surface area contributed by atoms with E-state index in [-0.39, 0.29) is 5.91 Å². The maximum atomic E-state index is 12.7. The van der Waals surface area contributed by atoms with E-state index in [0.717, 1.165) is 37.4 Å². The summed E-state index contributed by atoms with van der Waals surface area (Å²) in [6, 6.07) is 7.95. The highest BCUT2D eigenvalue weighted by Gasteiger charge is 2.23. The van der Waals surface area contributed by atoms with Gasteiger partial charge >= 0.3 is 0 Å². The number of para-hydroxylation sites is 1. The van der Waals surface area contributed by atoms with Crippen LogP contribution in [0.3, 0.4) is 0 Å². The third kappa shape index (κ3) is 2.78. The summed E-state index contributed by atoms with van der Waals surface area (Å²) in [4.78, 5) is 16.9. The molecule has 0 atom stereocenters. The first-order valence-corrected chi connectivity index (χ1v) is 7.28. The predicted molar refractivity (Wildman–Crippen MR) is 78.2 cm³/mol. The fourth-order valence-electron chi connectivity index (χ4n) is 2.77. The smallest absolute Gasteiger partial charge is 0.256 e. The Morgan fingerprint density at radius 3 is 2.50 bits per heavy atom. The van der Waals surface area contributed by atoms with E-state index in [1.807, 2.05) is 23.1 Å². The van der Waals surface area contributed by atoms with E-state index >= 15 is 0 Å². The van der Waals surface area contributed by atoms with Crippen LogP contribution in [0.4, 0.5) is 5.69 Å². The van der Waals surface area contributed by atoms with Crippen LogP contribution >= 0.6 is 0 Å². The molecule has 0 saturated carbocycles. The lowest BCUT2D eigenvalue weighted by Crippen LogP contribution is -2.45. The Bertz CT molecular complexity index is 466. The Morgan fingerprint density at radius 2 is 1.75 bits per heavy atom. The largest absolute Gasteiger partial charge is 0.378 e. The SMILES string of the molecule is O=C(c1ccccc1N1CCNCC1)N1CCOCC1. The lowest BCUT2D eigenvalue weighted by Gasteiger charge is -2.33. The minimum atomic E-state index is 0.127. The molecular formula is C15H21N3O2. The van der Waals surface area contributed by atoms with Crippen LogP contribution in [0.25, 0.3) is 0 Å². The number of rotatable bonds is 2. The van der Waals surface area contributed by atoms with E-state index in [4.69, 9.17) is 4.74 Å². The number of amides is 1. The summed E-state index contributed by atoms with van der Waals surface area (Å²) in [5.74, 6) is 0.127.